The van der Waals surface area contributed by atoms with Gasteiger partial charge < -0.3 is 9.87 Å². The number of rotatable bonds is 3. The highest BCUT2D eigenvalue weighted by Gasteiger charge is 2.10. The van der Waals surface area contributed by atoms with E-state index in [1.165, 1.54) is 12.3 Å². The van der Waals surface area contributed by atoms with Crippen LogP contribution in [0.15, 0.2) is 23.4 Å². The first-order chi connectivity index (χ1) is 7.02. The van der Waals surface area contributed by atoms with E-state index in [1.807, 2.05) is 0 Å². The first-order valence-corrected chi connectivity index (χ1v) is 5.45. The molecule has 1 aromatic heterocycles. The van der Waals surface area contributed by atoms with Gasteiger partial charge in [-0.15, -0.1) is 0 Å². The molecule has 1 N–H and O–H groups in total. The molecule has 0 aromatic carbocycles. The quantitative estimate of drug-likeness (QED) is 0.778. The zero-order valence-corrected chi connectivity index (χ0v) is 9.21. The maximum absolute atomic E-state index is 11.3. The maximum Gasteiger partial charge on any atom is 0.226 e. The van der Waals surface area contributed by atoms with Crippen LogP contribution in [0.3, 0.4) is 0 Å². The van der Waals surface area contributed by atoms with Gasteiger partial charge in [-0.25, -0.2) is 4.98 Å². The molecule has 1 heterocycles. The molecule has 1 aromatic rings. The molecule has 82 valence electrons. The Morgan fingerprint density at radius 2 is 2.27 bits per heavy atom. The van der Waals surface area contributed by atoms with Crippen LogP contribution in [0.1, 0.15) is 13.8 Å². The van der Waals surface area contributed by atoms with Crippen LogP contribution in [0, 0.1) is 5.92 Å². The van der Waals surface area contributed by atoms with E-state index >= 15 is 0 Å². The predicted molar refractivity (Wildman–Crippen MR) is 54.9 cm³/mol. The molecular weight excluding hydrogens is 216 g/mol. The summed E-state index contributed by atoms with van der Waals surface area (Å²) < 4.78 is 21.5. The fourth-order valence-corrected chi connectivity index (χ4v) is 1.34. The molecule has 0 radical (unpaired) electrons. The van der Waals surface area contributed by atoms with Crippen molar-refractivity contribution in [1.82, 2.24) is 4.98 Å². The molecule has 1 unspecified atom stereocenters. The van der Waals surface area contributed by atoms with Gasteiger partial charge in [0.2, 0.25) is 5.91 Å². The zero-order valence-electron chi connectivity index (χ0n) is 8.39. The van der Waals surface area contributed by atoms with Crippen molar-refractivity contribution in [3.05, 3.63) is 18.3 Å². The predicted octanol–water partition coefficient (Wildman–Crippen LogP) is 0.914. The van der Waals surface area contributed by atoms with Gasteiger partial charge >= 0.3 is 0 Å². The van der Waals surface area contributed by atoms with Gasteiger partial charge in [0.15, 0.2) is 0 Å². The average Bonchev–Trinajstić information content (AvgIpc) is 2.18. The summed E-state index contributed by atoms with van der Waals surface area (Å²) in [6, 6.07) is 3.06. The van der Waals surface area contributed by atoms with Crippen molar-refractivity contribution >= 4 is 22.7 Å². The number of pyridine rings is 1. The first-order valence-electron chi connectivity index (χ1n) is 4.37. The number of nitrogens with zero attached hydrogens (tertiary/aromatic N) is 1. The molecule has 1 rings (SSSR count). The summed E-state index contributed by atoms with van der Waals surface area (Å²) in [4.78, 5) is 15.0. The molecule has 0 aliphatic rings. The third-order valence-electron chi connectivity index (χ3n) is 1.71. The number of nitrogens with one attached hydrogen (secondary N) is 1. The summed E-state index contributed by atoms with van der Waals surface area (Å²) in [5, 5.41) is 2.35. The van der Waals surface area contributed by atoms with Crippen LogP contribution < -0.4 is 5.32 Å². The van der Waals surface area contributed by atoms with Gasteiger partial charge in [-0.3, -0.25) is 9.00 Å². The monoisotopic (exact) mass is 227 g/mol. The van der Waals surface area contributed by atoms with Crippen molar-refractivity contribution in [2.24, 2.45) is 5.92 Å². The molecule has 15 heavy (non-hydrogen) atoms. The highest BCUT2D eigenvalue weighted by Crippen LogP contribution is 2.15. The highest BCUT2D eigenvalue weighted by molar-refractivity contribution is 7.79. The van der Waals surface area contributed by atoms with E-state index in [9.17, 15) is 13.6 Å². The Labute approximate surface area is 90.2 Å². The van der Waals surface area contributed by atoms with E-state index in [-0.39, 0.29) is 22.5 Å². The van der Waals surface area contributed by atoms with Crippen molar-refractivity contribution in [2.75, 3.05) is 5.32 Å². The van der Waals surface area contributed by atoms with E-state index in [2.05, 4.69) is 10.3 Å². The first kappa shape index (κ1) is 11.8. The molecule has 5 nitrogen and oxygen atoms in total. The topological polar surface area (TPSA) is 82.1 Å². The van der Waals surface area contributed by atoms with Gasteiger partial charge in [0, 0.05) is 12.1 Å². The van der Waals surface area contributed by atoms with Gasteiger partial charge in [-0.2, -0.15) is 0 Å². The van der Waals surface area contributed by atoms with E-state index in [0.29, 0.717) is 0 Å². The largest absolute Gasteiger partial charge is 0.767 e. The third-order valence-corrected chi connectivity index (χ3v) is 2.35. The molecule has 0 spiro atoms. The minimum absolute atomic E-state index is 0.147. The van der Waals surface area contributed by atoms with E-state index in [1.54, 1.807) is 19.9 Å². The second-order valence-corrected chi connectivity index (χ2v) is 4.09. The average molecular weight is 227 g/mol. The fraction of sp³-hybridized carbons (Fsp3) is 0.333. The number of anilines is 1. The Bertz CT molecular complexity index is 393. The van der Waals surface area contributed by atoms with Gasteiger partial charge in [-0.05, 0) is 23.2 Å². The number of hydrogen-bond acceptors (Lipinski definition) is 4. The van der Waals surface area contributed by atoms with Crippen molar-refractivity contribution in [3.63, 3.8) is 0 Å². The van der Waals surface area contributed by atoms with Crippen LogP contribution in [-0.2, 0) is 15.9 Å². The number of hydrogen-bond donors (Lipinski definition) is 1. The van der Waals surface area contributed by atoms with Crippen LogP contribution in [0.4, 0.5) is 5.69 Å². The molecule has 0 aliphatic carbocycles. The van der Waals surface area contributed by atoms with Crippen LogP contribution >= 0.6 is 0 Å². The second-order valence-electron chi connectivity index (χ2n) is 3.23. The minimum atomic E-state index is -2.45. The Morgan fingerprint density at radius 3 is 2.80 bits per heavy atom. The van der Waals surface area contributed by atoms with Crippen LogP contribution in [0.2, 0.25) is 0 Å². The van der Waals surface area contributed by atoms with Crippen LogP contribution in [0.25, 0.3) is 0 Å². The van der Waals surface area contributed by atoms with Gasteiger partial charge in [0.05, 0.1) is 5.69 Å². The lowest BCUT2D eigenvalue weighted by Gasteiger charge is -2.12. The molecular formula is C9H11N2O3S-. The van der Waals surface area contributed by atoms with Crippen LogP contribution in [-0.4, -0.2) is 19.7 Å². The number of aromatic nitrogens is 1. The SMILES string of the molecule is CC(C)C(=O)Nc1cccnc1S(=O)[O-]. The summed E-state index contributed by atoms with van der Waals surface area (Å²) in [6.07, 6.45) is 1.36. The lowest BCUT2D eigenvalue weighted by atomic mass is 10.2. The number of carbonyl (C=O) groups excluding carboxylic acids is 1. The fourth-order valence-electron chi connectivity index (χ4n) is 0.896. The molecule has 0 saturated heterocycles. The van der Waals surface area contributed by atoms with Crippen molar-refractivity contribution in [2.45, 2.75) is 18.9 Å². The van der Waals surface area contributed by atoms with E-state index < -0.39 is 11.1 Å². The van der Waals surface area contributed by atoms with Gasteiger partial charge in [0.25, 0.3) is 0 Å². The smallest absolute Gasteiger partial charge is 0.226 e. The second kappa shape index (κ2) is 4.99. The lowest BCUT2D eigenvalue weighted by molar-refractivity contribution is -0.118. The van der Waals surface area contributed by atoms with Crippen molar-refractivity contribution in [1.29, 1.82) is 0 Å². The molecule has 0 bridgehead atoms. The summed E-state index contributed by atoms with van der Waals surface area (Å²) >= 11 is -2.45. The summed E-state index contributed by atoms with van der Waals surface area (Å²) in [5.41, 5.74) is 0.213. The number of carbonyl (C=O) groups is 1. The molecule has 6 heteroatoms. The molecule has 0 fully saturated rings. The van der Waals surface area contributed by atoms with E-state index in [0.717, 1.165) is 0 Å². The Kier molecular flexibility index (Phi) is 3.93. The van der Waals surface area contributed by atoms with Crippen LogP contribution in [0.5, 0.6) is 0 Å². The zero-order chi connectivity index (χ0) is 11.4. The third kappa shape index (κ3) is 3.10. The number of amides is 1. The lowest BCUT2D eigenvalue weighted by Crippen LogP contribution is -2.19. The van der Waals surface area contributed by atoms with Crippen molar-refractivity contribution < 1.29 is 13.6 Å². The molecule has 0 saturated carbocycles. The van der Waals surface area contributed by atoms with E-state index in [4.69, 9.17) is 0 Å². The van der Waals surface area contributed by atoms with Gasteiger partial charge in [-0.1, -0.05) is 13.8 Å². The van der Waals surface area contributed by atoms with Gasteiger partial charge in [0.1, 0.15) is 5.03 Å². The standard InChI is InChI=1S/C9H12N2O3S/c1-6(2)8(12)11-7-4-3-5-10-9(7)15(13)14/h3-6H,1-2H3,(H,11,12)(H,13,14)/p-1. The molecule has 1 amide bonds. The Hall–Kier alpha value is -1.27. The molecule has 1 atom stereocenters. The Balaban J connectivity index is 2.94. The normalized spacial score (nSPS) is 12.5. The highest BCUT2D eigenvalue weighted by atomic mass is 32.2. The maximum atomic E-state index is 11.3. The van der Waals surface area contributed by atoms with Crippen molar-refractivity contribution in [3.8, 4) is 0 Å². The summed E-state index contributed by atoms with van der Waals surface area (Å²) in [5.74, 6) is -0.451. The minimum Gasteiger partial charge on any atom is -0.767 e. The molecule has 0 aliphatic heterocycles. The Morgan fingerprint density at radius 1 is 1.60 bits per heavy atom. The summed E-state index contributed by atoms with van der Waals surface area (Å²) in [6.45, 7) is 3.44. The summed E-state index contributed by atoms with van der Waals surface area (Å²) in [7, 11) is 0.